The highest BCUT2D eigenvalue weighted by Crippen LogP contribution is 2.12. The monoisotopic (exact) mass is 330 g/mol. The molecule has 6 nitrogen and oxygen atoms in total. The summed E-state index contributed by atoms with van der Waals surface area (Å²) in [5, 5.41) is 11.5. The lowest BCUT2D eigenvalue weighted by Gasteiger charge is -2.33. The summed E-state index contributed by atoms with van der Waals surface area (Å²) < 4.78 is 12.9. The van der Waals surface area contributed by atoms with Gasteiger partial charge in [0, 0.05) is 32.7 Å². The molecule has 0 amide bonds. The van der Waals surface area contributed by atoms with E-state index in [-0.39, 0.29) is 5.82 Å². The molecule has 7 heteroatoms. The van der Waals surface area contributed by atoms with E-state index in [1.165, 1.54) is 12.1 Å². The molecule has 0 unspecified atom stereocenters. The first kappa shape index (κ1) is 16.6. The lowest BCUT2D eigenvalue weighted by Crippen LogP contribution is -2.46. The van der Waals surface area contributed by atoms with Crippen LogP contribution >= 0.6 is 0 Å². The van der Waals surface area contributed by atoms with Crippen LogP contribution in [0.3, 0.4) is 0 Å². The summed E-state index contributed by atoms with van der Waals surface area (Å²) in [6.45, 7) is 7.89. The fraction of sp³-hybridized carbons (Fsp3) is 0.471. The molecule has 128 valence electrons. The third-order valence-electron chi connectivity index (χ3n) is 4.28. The van der Waals surface area contributed by atoms with Crippen LogP contribution in [-0.2, 0) is 6.42 Å². The van der Waals surface area contributed by atoms with E-state index in [2.05, 4.69) is 37.2 Å². The molecule has 0 saturated carbocycles. The molecule has 1 N–H and O–H groups in total. The highest BCUT2D eigenvalue weighted by atomic mass is 19.1. The van der Waals surface area contributed by atoms with E-state index >= 15 is 0 Å². The highest BCUT2D eigenvalue weighted by Gasteiger charge is 2.18. The molecular weight excluding hydrogens is 307 g/mol. The van der Waals surface area contributed by atoms with Crippen LogP contribution in [0.2, 0.25) is 0 Å². The molecule has 1 aromatic heterocycles. The summed E-state index contributed by atoms with van der Waals surface area (Å²) in [5.41, 5.74) is 1.09. The van der Waals surface area contributed by atoms with Crippen molar-refractivity contribution < 1.29 is 4.39 Å². The molecule has 0 spiro atoms. The fourth-order valence-electron chi connectivity index (χ4n) is 2.76. The van der Waals surface area contributed by atoms with Gasteiger partial charge in [-0.25, -0.2) is 4.39 Å². The number of likely N-dealkylation sites (N-methyl/N-ethyl adjacent to an activating group) is 1. The zero-order valence-electron chi connectivity index (χ0n) is 14.0. The second-order valence-electron chi connectivity index (χ2n) is 5.87. The summed E-state index contributed by atoms with van der Waals surface area (Å²) in [6.07, 6.45) is 2.44. The van der Waals surface area contributed by atoms with Crippen molar-refractivity contribution in [3.63, 3.8) is 0 Å². The first-order valence-corrected chi connectivity index (χ1v) is 8.40. The largest absolute Gasteiger partial charge is 0.368 e. The average molecular weight is 330 g/mol. The van der Waals surface area contributed by atoms with Crippen LogP contribution in [0.1, 0.15) is 12.5 Å². The normalized spacial score (nSPS) is 15.5. The van der Waals surface area contributed by atoms with Crippen molar-refractivity contribution in [2.24, 2.45) is 0 Å². The Morgan fingerprint density at radius 3 is 2.58 bits per heavy atom. The number of nitrogens with one attached hydrogen (secondary N) is 1. The summed E-state index contributed by atoms with van der Waals surface area (Å²) in [7, 11) is 0. The number of halogens is 1. The molecule has 24 heavy (non-hydrogen) atoms. The van der Waals surface area contributed by atoms with Crippen molar-refractivity contribution in [1.82, 2.24) is 20.1 Å². The molecular formula is C17H23FN6. The lowest BCUT2D eigenvalue weighted by atomic mass is 10.1. The molecule has 0 radical (unpaired) electrons. The molecule has 1 aromatic carbocycles. The second-order valence-corrected chi connectivity index (χ2v) is 5.87. The van der Waals surface area contributed by atoms with Gasteiger partial charge in [0.15, 0.2) is 5.82 Å². The Balaban J connectivity index is 1.52. The SMILES string of the molecule is CCN1CCN(c2nncc(NCCc3ccc(F)cc3)n2)CC1. The summed E-state index contributed by atoms with van der Waals surface area (Å²) in [4.78, 5) is 9.14. The van der Waals surface area contributed by atoms with Crippen molar-refractivity contribution in [3.05, 3.63) is 41.8 Å². The van der Waals surface area contributed by atoms with E-state index in [9.17, 15) is 4.39 Å². The number of nitrogens with zero attached hydrogens (tertiary/aromatic N) is 5. The van der Waals surface area contributed by atoms with Crippen molar-refractivity contribution in [3.8, 4) is 0 Å². The Morgan fingerprint density at radius 2 is 1.88 bits per heavy atom. The molecule has 2 heterocycles. The zero-order chi connectivity index (χ0) is 16.8. The quantitative estimate of drug-likeness (QED) is 0.872. The Hall–Kier alpha value is -2.28. The number of piperazine rings is 1. The fourth-order valence-corrected chi connectivity index (χ4v) is 2.76. The first-order chi connectivity index (χ1) is 11.7. The minimum absolute atomic E-state index is 0.209. The Kier molecular flexibility index (Phi) is 5.53. The Morgan fingerprint density at radius 1 is 1.12 bits per heavy atom. The zero-order valence-corrected chi connectivity index (χ0v) is 14.0. The van der Waals surface area contributed by atoms with E-state index in [0.29, 0.717) is 12.5 Å². The van der Waals surface area contributed by atoms with Gasteiger partial charge in [0.25, 0.3) is 0 Å². The maximum atomic E-state index is 12.9. The molecule has 0 atom stereocenters. The smallest absolute Gasteiger partial charge is 0.247 e. The summed E-state index contributed by atoms with van der Waals surface area (Å²) in [5.74, 6) is 1.19. The molecule has 3 rings (SSSR count). The number of rotatable bonds is 6. The first-order valence-electron chi connectivity index (χ1n) is 8.40. The molecule has 0 bridgehead atoms. The third kappa shape index (κ3) is 4.38. The van der Waals surface area contributed by atoms with Gasteiger partial charge in [0.05, 0.1) is 6.20 Å². The second kappa shape index (κ2) is 8.01. The lowest BCUT2D eigenvalue weighted by molar-refractivity contribution is 0.269. The minimum Gasteiger partial charge on any atom is -0.368 e. The average Bonchev–Trinajstić information content (AvgIpc) is 2.64. The van der Waals surface area contributed by atoms with Crippen LogP contribution in [0.15, 0.2) is 30.5 Å². The van der Waals surface area contributed by atoms with Crippen LogP contribution in [-0.4, -0.2) is 59.3 Å². The Bertz CT molecular complexity index is 640. The summed E-state index contributed by atoms with van der Waals surface area (Å²) in [6, 6.07) is 6.56. The number of aromatic nitrogens is 3. The number of hydrogen-bond donors (Lipinski definition) is 1. The van der Waals surface area contributed by atoms with E-state index in [0.717, 1.165) is 50.5 Å². The van der Waals surface area contributed by atoms with Crippen LogP contribution in [0.5, 0.6) is 0 Å². The van der Waals surface area contributed by atoms with Gasteiger partial charge in [-0.1, -0.05) is 19.1 Å². The van der Waals surface area contributed by atoms with Gasteiger partial charge in [-0.05, 0) is 30.7 Å². The van der Waals surface area contributed by atoms with Gasteiger partial charge in [0.2, 0.25) is 5.95 Å². The van der Waals surface area contributed by atoms with Crippen LogP contribution in [0.25, 0.3) is 0 Å². The molecule has 0 aliphatic carbocycles. The van der Waals surface area contributed by atoms with Gasteiger partial charge in [-0.3, -0.25) is 0 Å². The molecule has 1 saturated heterocycles. The Labute approximate surface area is 141 Å². The van der Waals surface area contributed by atoms with Crippen molar-refractivity contribution >= 4 is 11.8 Å². The number of benzene rings is 1. The van der Waals surface area contributed by atoms with E-state index in [1.54, 1.807) is 18.3 Å². The highest BCUT2D eigenvalue weighted by molar-refractivity contribution is 5.39. The van der Waals surface area contributed by atoms with Gasteiger partial charge in [-0.15, -0.1) is 5.10 Å². The van der Waals surface area contributed by atoms with Crippen LogP contribution < -0.4 is 10.2 Å². The van der Waals surface area contributed by atoms with E-state index in [4.69, 9.17) is 0 Å². The molecule has 1 aliphatic rings. The maximum absolute atomic E-state index is 12.9. The van der Waals surface area contributed by atoms with Gasteiger partial charge < -0.3 is 15.1 Å². The van der Waals surface area contributed by atoms with Crippen LogP contribution in [0, 0.1) is 5.82 Å². The minimum atomic E-state index is -0.209. The number of anilines is 2. The van der Waals surface area contributed by atoms with Gasteiger partial charge >= 0.3 is 0 Å². The van der Waals surface area contributed by atoms with Gasteiger partial charge in [0.1, 0.15) is 5.82 Å². The topological polar surface area (TPSA) is 57.2 Å². The summed E-state index contributed by atoms with van der Waals surface area (Å²) >= 11 is 0. The van der Waals surface area contributed by atoms with Crippen molar-refractivity contribution in [1.29, 1.82) is 0 Å². The standard InChI is InChI=1S/C17H23FN6/c1-2-23-9-11-24(12-10-23)17-21-16(13-20-22-17)19-8-7-14-3-5-15(18)6-4-14/h3-6,13H,2,7-12H2,1H3,(H,19,21,22). The van der Waals surface area contributed by atoms with E-state index in [1.807, 2.05) is 0 Å². The molecule has 1 fully saturated rings. The molecule has 1 aliphatic heterocycles. The third-order valence-corrected chi connectivity index (χ3v) is 4.28. The number of hydrogen-bond acceptors (Lipinski definition) is 6. The maximum Gasteiger partial charge on any atom is 0.247 e. The van der Waals surface area contributed by atoms with Gasteiger partial charge in [-0.2, -0.15) is 10.1 Å². The van der Waals surface area contributed by atoms with Crippen molar-refractivity contribution in [2.45, 2.75) is 13.3 Å². The molecule has 2 aromatic rings. The predicted octanol–water partition coefficient (Wildman–Crippen LogP) is 1.81. The van der Waals surface area contributed by atoms with Crippen LogP contribution in [0.4, 0.5) is 16.2 Å². The van der Waals surface area contributed by atoms with Crippen molar-refractivity contribution in [2.75, 3.05) is 49.5 Å². The predicted molar refractivity (Wildman–Crippen MR) is 92.7 cm³/mol. The van der Waals surface area contributed by atoms with E-state index < -0.39 is 0 Å².